The summed E-state index contributed by atoms with van der Waals surface area (Å²) < 4.78 is 0. The Balaban J connectivity index is 1.46. The minimum atomic E-state index is -0.144. The summed E-state index contributed by atoms with van der Waals surface area (Å²) in [6.45, 7) is 40.2. The van der Waals surface area contributed by atoms with Crippen LogP contribution in [0.15, 0.2) is 114 Å². The molecule has 0 heteroatoms. The van der Waals surface area contributed by atoms with Crippen molar-refractivity contribution in [2.75, 3.05) is 0 Å². The van der Waals surface area contributed by atoms with E-state index in [1.807, 2.05) is 0 Å². The molecule has 3 aliphatic carbocycles. The quantitative estimate of drug-likeness (QED) is 0.245. The molecular formula is C46H54. The zero-order valence-corrected chi connectivity index (χ0v) is 30.1. The van der Waals surface area contributed by atoms with Crippen molar-refractivity contribution in [1.82, 2.24) is 0 Å². The molecular weight excluding hydrogens is 553 g/mol. The lowest BCUT2D eigenvalue weighted by atomic mass is 9.41. The highest BCUT2D eigenvalue weighted by Crippen LogP contribution is 2.70. The standard InChI is InChI=1S/C46H54/c1-27(2)39-23-37(22-29(5)21-36-19-16-18-35-17-14-15-20-38(35)36)31(7)42-32(8)43-34(10)46(13)33(9)41(28(3)4)30(6)24-45(46,12)26-44(43,11)25-40(39)42/h14-20,23,27H,3,5,8-9,21-22,24-26H2,1-2,4,6-7,10-13H3/t44-,45+,46-/m1/s1. The smallest absolute Gasteiger partial charge is 0.0194 e. The molecule has 3 aromatic carbocycles. The predicted octanol–water partition coefficient (Wildman–Crippen LogP) is 12.8. The summed E-state index contributed by atoms with van der Waals surface area (Å²) in [5.74, 6) is 0.435. The molecule has 0 aliphatic heterocycles. The third-order valence-corrected chi connectivity index (χ3v) is 12.5. The third kappa shape index (κ3) is 4.62. The Kier molecular flexibility index (Phi) is 7.71. The van der Waals surface area contributed by atoms with Crippen LogP contribution in [-0.2, 0) is 19.3 Å². The van der Waals surface area contributed by atoms with E-state index in [0.717, 1.165) is 37.7 Å². The number of fused-ring (bicyclic) bond motifs is 4. The highest BCUT2D eigenvalue weighted by atomic mass is 14.6. The summed E-state index contributed by atoms with van der Waals surface area (Å²) in [5, 5.41) is 2.62. The molecule has 238 valence electrons. The van der Waals surface area contributed by atoms with Crippen molar-refractivity contribution in [3.8, 4) is 0 Å². The lowest BCUT2D eigenvalue weighted by Crippen LogP contribution is -2.52. The molecule has 0 spiro atoms. The molecule has 46 heavy (non-hydrogen) atoms. The molecule has 0 heterocycles. The second-order valence-electron chi connectivity index (χ2n) is 16.2. The minimum Gasteiger partial charge on any atom is -0.0992 e. The molecule has 0 bridgehead atoms. The molecule has 0 radical (unpaired) electrons. The molecule has 0 unspecified atom stereocenters. The van der Waals surface area contributed by atoms with E-state index in [4.69, 9.17) is 13.2 Å². The Morgan fingerprint density at radius 1 is 0.870 bits per heavy atom. The van der Waals surface area contributed by atoms with Crippen LogP contribution < -0.4 is 0 Å². The van der Waals surface area contributed by atoms with Crippen molar-refractivity contribution in [3.63, 3.8) is 0 Å². The van der Waals surface area contributed by atoms with Gasteiger partial charge < -0.3 is 0 Å². The van der Waals surface area contributed by atoms with E-state index < -0.39 is 0 Å². The molecule has 0 fully saturated rings. The van der Waals surface area contributed by atoms with Crippen LogP contribution in [0.25, 0.3) is 16.3 Å². The average molecular weight is 607 g/mol. The van der Waals surface area contributed by atoms with Crippen LogP contribution in [0.3, 0.4) is 0 Å². The highest BCUT2D eigenvalue weighted by molar-refractivity contribution is 5.88. The first-order valence-electron chi connectivity index (χ1n) is 17.3. The summed E-state index contributed by atoms with van der Waals surface area (Å²) in [5.41, 5.74) is 19.1. The SMILES string of the molecule is C=C(Cc1cc(C(C)C)c2c(c1C)C(=C)C1=C(C)[C@@]3(C)C(=C)C(C(=C)C)=C(C)C[C@@]3(C)C[C@@]1(C)C2)Cc1cccc2ccccc12. The van der Waals surface area contributed by atoms with E-state index in [0.29, 0.717) is 5.92 Å². The molecule has 0 saturated carbocycles. The zero-order valence-electron chi connectivity index (χ0n) is 30.1. The summed E-state index contributed by atoms with van der Waals surface area (Å²) in [6.07, 6.45) is 5.03. The maximum atomic E-state index is 4.96. The molecule has 0 N–H and O–H groups in total. The summed E-state index contributed by atoms with van der Waals surface area (Å²) in [4.78, 5) is 0. The first-order valence-corrected chi connectivity index (χ1v) is 17.3. The molecule has 3 aliphatic rings. The number of hydrogen-bond donors (Lipinski definition) is 0. The fourth-order valence-corrected chi connectivity index (χ4v) is 10.4. The van der Waals surface area contributed by atoms with E-state index >= 15 is 0 Å². The van der Waals surface area contributed by atoms with Crippen molar-refractivity contribution >= 4 is 16.3 Å². The molecule has 0 amide bonds. The van der Waals surface area contributed by atoms with Gasteiger partial charge in [-0.1, -0.05) is 132 Å². The molecule has 6 rings (SSSR count). The summed E-state index contributed by atoms with van der Waals surface area (Å²) in [6, 6.07) is 17.9. The Hall–Kier alpha value is -3.64. The van der Waals surface area contributed by atoms with E-state index in [9.17, 15) is 0 Å². The number of allylic oxidation sites excluding steroid dienone is 8. The summed E-state index contributed by atoms with van der Waals surface area (Å²) >= 11 is 0. The van der Waals surface area contributed by atoms with Gasteiger partial charge in [0.05, 0.1) is 0 Å². The van der Waals surface area contributed by atoms with Crippen LogP contribution in [0.5, 0.6) is 0 Å². The van der Waals surface area contributed by atoms with Gasteiger partial charge in [0.2, 0.25) is 0 Å². The Morgan fingerprint density at radius 2 is 1.52 bits per heavy atom. The number of benzene rings is 3. The van der Waals surface area contributed by atoms with Crippen LogP contribution in [-0.4, -0.2) is 0 Å². The first kappa shape index (κ1) is 32.3. The predicted molar refractivity (Wildman–Crippen MR) is 201 cm³/mol. The van der Waals surface area contributed by atoms with Gasteiger partial charge in [0.15, 0.2) is 0 Å². The lowest BCUT2D eigenvalue weighted by molar-refractivity contribution is 0.0543. The van der Waals surface area contributed by atoms with Crippen molar-refractivity contribution < 1.29 is 0 Å². The lowest BCUT2D eigenvalue weighted by Gasteiger charge is -2.62. The monoisotopic (exact) mass is 606 g/mol. The van der Waals surface area contributed by atoms with E-state index in [1.165, 1.54) is 83.2 Å². The van der Waals surface area contributed by atoms with Gasteiger partial charge in [0, 0.05) is 5.41 Å². The van der Waals surface area contributed by atoms with Crippen molar-refractivity contribution in [2.45, 2.75) is 100 Å². The fourth-order valence-electron chi connectivity index (χ4n) is 10.4. The Morgan fingerprint density at radius 3 is 2.20 bits per heavy atom. The maximum Gasteiger partial charge on any atom is 0.0194 e. The Bertz CT molecular complexity index is 1930. The van der Waals surface area contributed by atoms with Gasteiger partial charge in [0.1, 0.15) is 0 Å². The van der Waals surface area contributed by atoms with Crippen molar-refractivity contribution in [2.24, 2.45) is 16.2 Å². The largest absolute Gasteiger partial charge is 0.0992 e. The first-order chi connectivity index (χ1) is 21.5. The second kappa shape index (κ2) is 11.0. The topological polar surface area (TPSA) is 0 Å². The molecule has 0 aromatic heterocycles. The molecule has 0 nitrogen and oxygen atoms in total. The van der Waals surface area contributed by atoms with Crippen LogP contribution in [0.1, 0.15) is 108 Å². The van der Waals surface area contributed by atoms with Crippen molar-refractivity contribution in [3.05, 3.63) is 147 Å². The van der Waals surface area contributed by atoms with Crippen LogP contribution in [0.4, 0.5) is 0 Å². The minimum absolute atomic E-state index is 0.0271. The van der Waals surface area contributed by atoms with Gasteiger partial charge in [-0.25, -0.2) is 0 Å². The average Bonchev–Trinajstić information content (AvgIpc) is 2.96. The van der Waals surface area contributed by atoms with E-state index in [2.05, 4.69) is 124 Å². The molecule has 3 aromatic rings. The zero-order chi connectivity index (χ0) is 33.5. The van der Waals surface area contributed by atoms with Crippen LogP contribution >= 0.6 is 0 Å². The van der Waals surface area contributed by atoms with Gasteiger partial charge in [-0.3, -0.25) is 0 Å². The maximum absolute atomic E-state index is 4.96. The highest BCUT2D eigenvalue weighted by Gasteiger charge is 2.59. The van der Waals surface area contributed by atoms with E-state index in [-0.39, 0.29) is 16.2 Å². The van der Waals surface area contributed by atoms with Crippen LogP contribution in [0, 0.1) is 23.2 Å². The van der Waals surface area contributed by atoms with E-state index in [1.54, 1.807) is 0 Å². The summed E-state index contributed by atoms with van der Waals surface area (Å²) in [7, 11) is 0. The van der Waals surface area contributed by atoms with Crippen LogP contribution in [0.2, 0.25) is 0 Å². The molecule has 3 atom stereocenters. The third-order valence-electron chi connectivity index (χ3n) is 12.5. The van der Waals surface area contributed by atoms with Crippen molar-refractivity contribution in [1.29, 1.82) is 0 Å². The van der Waals surface area contributed by atoms with Gasteiger partial charge in [-0.15, -0.1) is 0 Å². The molecule has 0 saturated heterocycles. The van der Waals surface area contributed by atoms with Gasteiger partial charge in [-0.2, -0.15) is 0 Å². The Labute approximate surface area is 279 Å². The van der Waals surface area contributed by atoms with Gasteiger partial charge >= 0.3 is 0 Å². The van der Waals surface area contributed by atoms with Gasteiger partial charge in [0.25, 0.3) is 0 Å². The number of rotatable bonds is 6. The van der Waals surface area contributed by atoms with Gasteiger partial charge in [-0.05, 0) is 143 Å². The normalized spacial score (nSPS) is 26.0. The fraction of sp³-hybridized carbons (Fsp3) is 0.391. The second-order valence-corrected chi connectivity index (χ2v) is 16.2. The number of hydrogen-bond acceptors (Lipinski definition) is 0.